The van der Waals surface area contributed by atoms with Crippen LogP contribution in [0.5, 0.6) is 0 Å². The standard InChI is InChI=1S/C59H74F2N8O4S2/c1-33-26-50(74-6)46(54(70)65-33)30-62-56(72)52-37(5)69(49-15-11-9-13-45(49)52)35(3)39-18-22-42(23-19-39)67-59(61)29-40(59)27-43-28-51(75-7)47(55(71)66-43)31-63-57(73)53-36(4)68(48-14-10-8-12-44(48)53)34(2)38-16-20-41(21-17-38)64-32-58(60)24-25-58/h8-15,26,28,34-35,38-42,64,67H,16-25,27,29-32H2,1-7H3,(H,62,72)(H,63,73)(H,65,70)(H,66,71)/t34-,35-,38?,39?,40?,41?,42?,59?/m1/s1. The Kier molecular flexibility index (Phi) is 15.4. The molecular formula is C59H74F2N8O4S2. The average Bonchev–Trinajstić information content (AvgIpc) is 4.23. The molecule has 4 aliphatic carbocycles. The van der Waals surface area contributed by atoms with E-state index in [1.165, 1.54) is 23.5 Å². The summed E-state index contributed by atoms with van der Waals surface area (Å²) in [6.45, 7) is 11.0. The molecule has 4 heterocycles. The number of alkyl halides is 2. The number of thioether (sulfide) groups is 2. The molecule has 12 nitrogen and oxygen atoms in total. The molecule has 6 aromatic rings. The third-order valence-corrected chi connectivity index (χ3v) is 19.2. The largest absolute Gasteiger partial charge is 0.348 e. The highest BCUT2D eigenvalue weighted by atomic mass is 32.2. The van der Waals surface area contributed by atoms with Crippen LogP contribution in [-0.4, -0.2) is 73.5 Å². The van der Waals surface area contributed by atoms with Crippen LogP contribution in [-0.2, 0) is 19.5 Å². The van der Waals surface area contributed by atoms with Crippen molar-refractivity contribution in [1.82, 2.24) is 40.4 Å². The number of halogens is 2. The number of rotatable bonds is 19. The van der Waals surface area contributed by atoms with Gasteiger partial charge in [-0.25, -0.2) is 8.78 Å². The quantitative estimate of drug-likeness (QED) is 0.0346. The predicted octanol–water partition coefficient (Wildman–Crippen LogP) is 11.1. The van der Waals surface area contributed by atoms with Crippen molar-refractivity contribution in [3.8, 4) is 0 Å². The number of para-hydroxylation sites is 2. The van der Waals surface area contributed by atoms with E-state index in [-0.39, 0.29) is 60.1 Å². The number of carbonyl (C=O) groups excluding carboxylic acids is 2. The smallest absolute Gasteiger partial charge is 0.254 e. The van der Waals surface area contributed by atoms with Gasteiger partial charge in [0, 0.05) is 122 Å². The van der Waals surface area contributed by atoms with Gasteiger partial charge in [-0.3, -0.25) is 24.5 Å². The van der Waals surface area contributed by atoms with Gasteiger partial charge >= 0.3 is 0 Å². The molecule has 2 aromatic carbocycles. The van der Waals surface area contributed by atoms with Gasteiger partial charge in [0.2, 0.25) is 0 Å². The van der Waals surface area contributed by atoms with Gasteiger partial charge in [0.25, 0.3) is 22.9 Å². The Morgan fingerprint density at radius 2 is 1.17 bits per heavy atom. The maximum absolute atomic E-state index is 16.5. The normalized spacial score (nSPS) is 24.0. The second kappa shape index (κ2) is 21.7. The van der Waals surface area contributed by atoms with Crippen molar-refractivity contribution in [2.45, 2.75) is 170 Å². The topological polar surface area (TPSA) is 158 Å². The van der Waals surface area contributed by atoms with Gasteiger partial charge in [0.05, 0.1) is 11.1 Å². The van der Waals surface area contributed by atoms with Crippen LogP contribution >= 0.6 is 23.5 Å². The summed E-state index contributed by atoms with van der Waals surface area (Å²) in [5, 5.41) is 14.8. The molecule has 0 aliphatic heterocycles. The molecule has 0 bridgehead atoms. The summed E-state index contributed by atoms with van der Waals surface area (Å²) in [6, 6.07) is 20.6. The fourth-order valence-corrected chi connectivity index (χ4v) is 14.3. The molecule has 0 radical (unpaired) electrons. The molecule has 2 unspecified atom stereocenters. The summed E-state index contributed by atoms with van der Waals surface area (Å²) in [5.74, 6) is -1.47. The van der Waals surface area contributed by atoms with Crippen LogP contribution in [0.2, 0.25) is 0 Å². The Labute approximate surface area is 447 Å². The first-order valence-electron chi connectivity index (χ1n) is 27.2. The van der Waals surface area contributed by atoms with Gasteiger partial charge in [-0.05, 0) is 154 Å². The van der Waals surface area contributed by atoms with E-state index in [9.17, 15) is 23.6 Å². The number of nitrogens with zero attached hydrogens (tertiary/aromatic N) is 2. The van der Waals surface area contributed by atoms with E-state index in [0.29, 0.717) is 78.1 Å². The summed E-state index contributed by atoms with van der Waals surface area (Å²) in [7, 11) is 0. The monoisotopic (exact) mass is 1060 g/mol. The molecule has 4 aliphatic rings. The van der Waals surface area contributed by atoms with Crippen LogP contribution in [0.3, 0.4) is 0 Å². The summed E-state index contributed by atoms with van der Waals surface area (Å²) in [6.07, 6.45) is 13.5. The molecule has 2 amide bonds. The van der Waals surface area contributed by atoms with Crippen molar-refractivity contribution < 1.29 is 18.4 Å². The predicted molar refractivity (Wildman–Crippen MR) is 299 cm³/mol. The van der Waals surface area contributed by atoms with Crippen LogP contribution in [0, 0.1) is 38.5 Å². The van der Waals surface area contributed by atoms with E-state index >= 15 is 4.39 Å². The van der Waals surface area contributed by atoms with Gasteiger partial charge in [0.1, 0.15) is 5.67 Å². The fourth-order valence-electron chi connectivity index (χ4n) is 13.0. The molecular weight excluding hydrogens is 987 g/mol. The first kappa shape index (κ1) is 53.2. The number of hydrogen-bond donors (Lipinski definition) is 6. The number of amides is 2. The van der Waals surface area contributed by atoms with Gasteiger partial charge in [-0.15, -0.1) is 23.5 Å². The number of fused-ring (bicyclic) bond motifs is 2. The van der Waals surface area contributed by atoms with E-state index in [2.05, 4.69) is 66.3 Å². The molecule has 10 rings (SSSR count). The molecule has 400 valence electrons. The van der Waals surface area contributed by atoms with Crippen molar-refractivity contribution in [3.63, 3.8) is 0 Å². The highest BCUT2D eigenvalue weighted by Crippen LogP contribution is 2.49. The number of aryl methyl sites for hydroxylation is 1. The van der Waals surface area contributed by atoms with Crippen LogP contribution in [0.1, 0.15) is 151 Å². The highest BCUT2D eigenvalue weighted by Gasteiger charge is 2.56. The lowest BCUT2D eigenvalue weighted by molar-refractivity contribution is 0.0942. The Balaban J connectivity index is 0.736. The molecule has 6 N–H and O–H groups in total. The van der Waals surface area contributed by atoms with Gasteiger partial charge in [0.15, 0.2) is 5.79 Å². The SMILES string of the molecule is CSc1cc(C)[nH]c(=O)c1CNC(=O)c1c(C)n([C@H](C)C2CCC(NC3(F)CC3Cc3cc(SC)c(CNC(=O)c4c(C)n([C@H](C)C5CCC(NCC6(F)CC6)CC5)c5ccccc45)c(=O)[nH]3)CC2)c2ccccc12. The van der Waals surface area contributed by atoms with Crippen LogP contribution in [0.4, 0.5) is 8.78 Å². The zero-order valence-corrected chi connectivity index (χ0v) is 46.2. The second-order valence-electron chi connectivity index (χ2n) is 22.4. The molecule has 75 heavy (non-hydrogen) atoms. The highest BCUT2D eigenvalue weighted by molar-refractivity contribution is 7.98. The van der Waals surface area contributed by atoms with Crippen molar-refractivity contribution >= 4 is 57.1 Å². The second-order valence-corrected chi connectivity index (χ2v) is 24.1. The lowest BCUT2D eigenvalue weighted by Gasteiger charge is -2.35. The fraction of sp³-hybridized carbons (Fsp3) is 0.525. The number of nitrogens with one attached hydrogen (secondary N) is 6. The first-order valence-corrected chi connectivity index (χ1v) is 29.6. The number of hydrogen-bond acceptors (Lipinski definition) is 8. The van der Waals surface area contributed by atoms with Crippen LogP contribution in [0.25, 0.3) is 21.8 Å². The first-order chi connectivity index (χ1) is 36.0. The van der Waals surface area contributed by atoms with Crippen molar-refractivity contribution in [2.24, 2.45) is 17.8 Å². The summed E-state index contributed by atoms with van der Waals surface area (Å²) in [5.41, 5.74) is 6.06. The minimum absolute atomic E-state index is 0.0302. The molecule has 4 fully saturated rings. The molecule has 4 atom stereocenters. The molecule has 4 saturated carbocycles. The van der Waals surface area contributed by atoms with E-state index in [1.54, 1.807) is 0 Å². The summed E-state index contributed by atoms with van der Waals surface area (Å²) in [4.78, 5) is 62.2. The maximum Gasteiger partial charge on any atom is 0.254 e. The maximum atomic E-state index is 16.5. The Morgan fingerprint density at radius 1 is 0.693 bits per heavy atom. The minimum atomic E-state index is -1.51. The average molecular weight is 1060 g/mol. The third kappa shape index (κ3) is 10.9. The number of carbonyl (C=O) groups is 2. The van der Waals surface area contributed by atoms with Gasteiger partial charge < -0.3 is 35.1 Å². The zero-order chi connectivity index (χ0) is 52.9. The summed E-state index contributed by atoms with van der Waals surface area (Å²) < 4.78 is 35.4. The number of H-pyrrole nitrogens is 2. The number of aromatic nitrogens is 4. The van der Waals surface area contributed by atoms with E-state index in [1.807, 2.05) is 81.8 Å². The Morgan fingerprint density at radius 3 is 1.68 bits per heavy atom. The zero-order valence-electron chi connectivity index (χ0n) is 44.5. The Bertz CT molecular complexity index is 3240. The number of benzene rings is 2. The minimum Gasteiger partial charge on any atom is -0.348 e. The third-order valence-electron chi connectivity index (χ3n) is 17.6. The van der Waals surface area contributed by atoms with E-state index in [0.717, 1.165) is 100 Å². The Hall–Kier alpha value is -5.16. The van der Waals surface area contributed by atoms with Crippen molar-refractivity contribution in [1.29, 1.82) is 0 Å². The van der Waals surface area contributed by atoms with Crippen LogP contribution in [0.15, 0.2) is 80.0 Å². The van der Waals surface area contributed by atoms with Crippen LogP contribution < -0.4 is 32.4 Å². The van der Waals surface area contributed by atoms with Gasteiger partial charge in [-0.2, -0.15) is 0 Å². The molecule has 0 spiro atoms. The van der Waals surface area contributed by atoms with E-state index < -0.39 is 11.5 Å². The van der Waals surface area contributed by atoms with E-state index in [4.69, 9.17) is 0 Å². The molecule has 16 heteroatoms. The molecule has 0 saturated heterocycles. The number of aromatic amines is 2. The van der Waals surface area contributed by atoms with Crippen molar-refractivity contribution in [2.75, 3.05) is 19.1 Å². The van der Waals surface area contributed by atoms with Crippen molar-refractivity contribution in [3.05, 3.63) is 126 Å². The number of pyridine rings is 2. The molecule has 4 aromatic heterocycles. The van der Waals surface area contributed by atoms with Gasteiger partial charge in [-0.1, -0.05) is 36.4 Å². The lowest BCUT2D eigenvalue weighted by Crippen LogP contribution is -2.42. The summed E-state index contributed by atoms with van der Waals surface area (Å²) >= 11 is 2.94. The lowest BCUT2D eigenvalue weighted by atomic mass is 9.81.